The van der Waals surface area contributed by atoms with Crippen molar-refractivity contribution in [3.05, 3.63) is 41.7 Å². The number of benzene rings is 1. The summed E-state index contributed by atoms with van der Waals surface area (Å²) in [4.78, 5) is 60.9. The number of carbonyl (C=O) groups excluding carboxylic acids is 5. The van der Waals surface area contributed by atoms with E-state index >= 15 is 0 Å². The van der Waals surface area contributed by atoms with E-state index in [1.165, 1.54) is 4.90 Å². The van der Waals surface area contributed by atoms with E-state index in [9.17, 15) is 24.0 Å². The highest BCUT2D eigenvalue weighted by atomic mass is 16.5. The van der Waals surface area contributed by atoms with Crippen LogP contribution in [0.25, 0.3) is 0 Å². The second kappa shape index (κ2) is 18.0. The van der Waals surface area contributed by atoms with Gasteiger partial charge in [-0.25, -0.2) is 0 Å². The first-order valence-corrected chi connectivity index (χ1v) is 15.0. The third-order valence-corrected chi connectivity index (χ3v) is 7.73. The number of β-lactam (4-membered cyclic amide) rings is 1. The molecule has 0 aromatic heterocycles. The van der Waals surface area contributed by atoms with Gasteiger partial charge in [-0.05, 0) is 62.6 Å². The number of nitrogens with one attached hydrogen (secondary N) is 3. The predicted octanol–water partition coefficient (Wildman–Crippen LogP) is 2.24. The molecule has 1 aromatic carbocycles. The van der Waals surface area contributed by atoms with Gasteiger partial charge in [0.15, 0.2) is 0 Å². The number of aliphatic hydroxyl groups is 1. The smallest absolute Gasteiger partial charge is 0.250 e. The number of likely N-dealkylation sites (tertiary alicyclic amines) is 1. The van der Waals surface area contributed by atoms with Crippen LogP contribution < -0.4 is 16.0 Å². The number of amides is 5. The van der Waals surface area contributed by atoms with Crippen molar-refractivity contribution in [3.8, 4) is 0 Å². The molecule has 0 bridgehead atoms. The number of imide groups is 1. The van der Waals surface area contributed by atoms with E-state index in [2.05, 4.69) is 16.0 Å². The maximum absolute atomic E-state index is 12.4. The van der Waals surface area contributed by atoms with Gasteiger partial charge in [0.1, 0.15) is 0 Å². The van der Waals surface area contributed by atoms with E-state index in [0.717, 1.165) is 37.5 Å². The first-order valence-electron chi connectivity index (χ1n) is 15.0. The Morgan fingerprint density at radius 2 is 1.65 bits per heavy atom. The fraction of sp³-hybridized carbons (Fsp3) is 0.581. The molecule has 1 aromatic rings. The Hall–Kier alpha value is -3.77. The summed E-state index contributed by atoms with van der Waals surface area (Å²) < 4.78 is 11.0. The van der Waals surface area contributed by atoms with Crippen molar-refractivity contribution < 1.29 is 38.6 Å². The minimum Gasteiger partial charge on any atom is -0.515 e. The number of ether oxygens (including phenoxy) is 2. The molecule has 236 valence electrons. The topological polar surface area (TPSA) is 163 Å². The first kappa shape index (κ1) is 33.7. The maximum Gasteiger partial charge on any atom is 0.250 e. The van der Waals surface area contributed by atoms with Crippen LogP contribution in [0.3, 0.4) is 0 Å². The Morgan fingerprint density at radius 3 is 2.28 bits per heavy atom. The van der Waals surface area contributed by atoms with Crippen LogP contribution >= 0.6 is 0 Å². The molecule has 2 aliphatic rings. The Bertz CT molecular complexity index is 1130. The summed E-state index contributed by atoms with van der Waals surface area (Å²) in [5, 5.41) is 17.4. The van der Waals surface area contributed by atoms with E-state index in [0.29, 0.717) is 63.9 Å². The molecule has 1 aliphatic heterocycles. The van der Waals surface area contributed by atoms with Crippen molar-refractivity contribution in [1.82, 2.24) is 15.5 Å². The Kier molecular flexibility index (Phi) is 14.1. The summed E-state index contributed by atoms with van der Waals surface area (Å²) >= 11 is 0. The Balaban J connectivity index is 1.14. The normalized spacial score (nSPS) is 18.5. The molecule has 3 rings (SSSR count). The lowest BCUT2D eigenvalue weighted by atomic mass is 9.81. The lowest BCUT2D eigenvalue weighted by molar-refractivity contribution is -0.152. The zero-order chi connectivity index (χ0) is 31.0. The highest BCUT2D eigenvalue weighted by Crippen LogP contribution is 2.28. The number of aliphatic hydroxyl groups excluding tert-OH is 1. The molecule has 0 unspecified atom stereocenters. The van der Waals surface area contributed by atoms with Crippen LogP contribution in [0.2, 0.25) is 0 Å². The molecule has 1 saturated carbocycles. The third kappa shape index (κ3) is 11.8. The summed E-state index contributed by atoms with van der Waals surface area (Å²) in [5.41, 5.74) is 1.89. The average Bonchev–Trinajstić information content (AvgIpc) is 3.01. The van der Waals surface area contributed by atoms with Crippen LogP contribution in [0.5, 0.6) is 0 Å². The minimum atomic E-state index is -0.275. The van der Waals surface area contributed by atoms with Crippen LogP contribution in [-0.2, 0) is 39.9 Å². The van der Waals surface area contributed by atoms with Crippen molar-refractivity contribution in [2.24, 2.45) is 11.8 Å². The second-order valence-corrected chi connectivity index (χ2v) is 10.9. The van der Waals surface area contributed by atoms with E-state index in [1.54, 1.807) is 19.1 Å². The van der Waals surface area contributed by atoms with Crippen molar-refractivity contribution >= 4 is 35.2 Å². The van der Waals surface area contributed by atoms with Crippen molar-refractivity contribution in [1.29, 1.82) is 0 Å². The highest BCUT2D eigenvalue weighted by molar-refractivity contribution is 5.99. The van der Waals surface area contributed by atoms with Gasteiger partial charge in [0.25, 0.3) is 0 Å². The van der Waals surface area contributed by atoms with Gasteiger partial charge in [-0.2, -0.15) is 0 Å². The first-order chi connectivity index (χ1) is 20.8. The van der Waals surface area contributed by atoms with E-state index in [4.69, 9.17) is 14.6 Å². The maximum atomic E-state index is 12.4. The number of aryl methyl sites for hydroxylation is 1. The number of anilines is 1. The molecular formula is C31H44N4O8. The monoisotopic (exact) mass is 600 g/mol. The second-order valence-electron chi connectivity index (χ2n) is 10.9. The molecule has 1 saturated heterocycles. The molecule has 5 amide bonds. The summed E-state index contributed by atoms with van der Waals surface area (Å²) in [6.45, 7) is 4.34. The van der Waals surface area contributed by atoms with Crippen LogP contribution in [0.4, 0.5) is 5.69 Å². The van der Waals surface area contributed by atoms with Crippen molar-refractivity contribution in [3.63, 3.8) is 0 Å². The largest absolute Gasteiger partial charge is 0.515 e. The summed E-state index contributed by atoms with van der Waals surface area (Å²) in [6.07, 6.45) is 5.55. The Labute approximate surface area is 252 Å². The molecule has 1 aliphatic carbocycles. The molecule has 12 nitrogen and oxygen atoms in total. The standard InChI is InChI=1S/C31H44N4O8/c1-22(21-36)30(40)33-20-24-2-7-25(8-3-24)31(41)32-14-17-43-19-18-42-16-13-27(37)34-26-9-4-23(5-10-26)6-11-28(38)35-15-12-29(35)39/h4-5,9-10,21,24-25,36H,2-3,6-8,11-20H2,1H3,(H,32,41)(H,33,40)(H,34,37)/b22-21-. The van der Waals surface area contributed by atoms with E-state index < -0.39 is 0 Å². The van der Waals surface area contributed by atoms with E-state index in [-0.39, 0.29) is 60.5 Å². The Morgan fingerprint density at radius 1 is 0.953 bits per heavy atom. The third-order valence-electron chi connectivity index (χ3n) is 7.73. The van der Waals surface area contributed by atoms with Crippen LogP contribution in [0.1, 0.15) is 57.4 Å². The van der Waals surface area contributed by atoms with Gasteiger partial charge in [-0.1, -0.05) is 12.1 Å². The quantitative estimate of drug-likeness (QED) is 0.0916. The van der Waals surface area contributed by atoms with Crippen LogP contribution in [-0.4, -0.2) is 85.6 Å². The SMILES string of the molecule is C/C(=C/O)C(=O)NCC1CCC(C(=O)NCCOCCOCCC(=O)Nc2ccc(CCC(=O)N3CCC3=O)cc2)CC1. The number of hydrogen-bond donors (Lipinski definition) is 4. The van der Waals surface area contributed by atoms with E-state index in [1.807, 2.05) is 12.1 Å². The van der Waals surface area contributed by atoms with Gasteiger partial charge in [-0.3, -0.25) is 28.9 Å². The van der Waals surface area contributed by atoms with Crippen LogP contribution in [0, 0.1) is 11.8 Å². The number of nitrogens with zero attached hydrogens (tertiary/aromatic N) is 1. The number of hydrogen-bond acceptors (Lipinski definition) is 8. The molecule has 2 fully saturated rings. The molecule has 0 spiro atoms. The molecule has 1 heterocycles. The van der Waals surface area contributed by atoms with Gasteiger partial charge in [-0.15, -0.1) is 0 Å². The fourth-order valence-electron chi connectivity index (χ4n) is 4.88. The van der Waals surface area contributed by atoms with Crippen molar-refractivity contribution in [2.75, 3.05) is 51.4 Å². The molecule has 0 atom stereocenters. The average molecular weight is 601 g/mol. The van der Waals surface area contributed by atoms with Gasteiger partial charge in [0.05, 0.1) is 39.1 Å². The van der Waals surface area contributed by atoms with Gasteiger partial charge >= 0.3 is 0 Å². The van der Waals surface area contributed by atoms with Crippen LogP contribution in [0.15, 0.2) is 36.1 Å². The molecular weight excluding hydrogens is 556 g/mol. The predicted molar refractivity (Wildman–Crippen MR) is 159 cm³/mol. The lowest BCUT2D eigenvalue weighted by Crippen LogP contribution is -2.47. The summed E-state index contributed by atoms with van der Waals surface area (Å²) in [7, 11) is 0. The molecule has 0 radical (unpaired) electrons. The fourth-order valence-corrected chi connectivity index (χ4v) is 4.88. The van der Waals surface area contributed by atoms with Gasteiger partial charge < -0.3 is 30.5 Å². The molecule has 43 heavy (non-hydrogen) atoms. The minimum absolute atomic E-state index is 0.0250. The summed E-state index contributed by atoms with van der Waals surface area (Å²) in [5.74, 6) is -0.376. The number of rotatable bonds is 17. The zero-order valence-electron chi connectivity index (χ0n) is 24.9. The van der Waals surface area contributed by atoms with Crippen molar-refractivity contribution in [2.45, 2.75) is 58.3 Å². The molecule has 4 N–H and O–H groups in total. The van der Waals surface area contributed by atoms with Gasteiger partial charge in [0, 0.05) is 49.7 Å². The van der Waals surface area contributed by atoms with Gasteiger partial charge in [0.2, 0.25) is 29.5 Å². The molecule has 12 heteroatoms. The highest BCUT2D eigenvalue weighted by Gasteiger charge is 2.29. The number of carbonyl (C=O) groups is 5. The zero-order valence-corrected chi connectivity index (χ0v) is 24.9. The summed E-state index contributed by atoms with van der Waals surface area (Å²) in [6, 6.07) is 7.28. The lowest BCUT2D eigenvalue weighted by Gasteiger charge is -2.28.